The normalized spacial score (nSPS) is 10.9. The van der Waals surface area contributed by atoms with Crippen LogP contribution in [-0.4, -0.2) is 38.0 Å². The summed E-state index contributed by atoms with van der Waals surface area (Å²) in [6.07, 6.45) is 4.02. The lowest BCUT2D eigenvalue weighted by Gasteiger charge is -2.06. The summed E-state index contributed by atoms with van der Waals surface area (Å²) in [7, 11) is 0. The Labute approximate surface area is 177 Å². The number of amides is 1. The van der Waals surface area contributed by atoms with Crippen molar-refractivity contribution in [3.05, 3.63) is 77.7 Å². The number of nitrogens with zero attached hydrogens (tertiary/aromatic N) is 4. The molecule has 0 saturated carbocycles. The van der Waals surface area contributed by atoms with Gasteiger partial charge in [0.2, 0.25) is 5.91 Å². The topological polar surface area (TPSA) is 72.7 Å². The Morgan fingerprint density at radius 1 is 1.07 bits per heavy atom. The van der Waals surface area contributed by atoms with Gasteiger partial charge in [-0.25, -0.2) is 14.6 Å². The maximum atomic E-state index is 12.2. The van der Waals surface area contributed by atoms with Crippen LogP contribution in [0.1, 0.15) is 5.56 Å². The van der Waals surface area contributed by atoms with Crippen molar-refractivity contribution < 1.29 is 4.79 Å². The maximum Gasteiger partial charge on any atom is 0.230 e. The Hall–Kier alpha value is -2.90. The minimum atomic E-state index is -0.0252. The van der Waals surface area contributed by atoms with Crippen LogP contribution in [0.3, 0.4) is 0 Å². The molecule has 8 heteroatoms. The number of benzene rings is 2. The lowest BCUT2D eigenvalue weighted by molar-refractivity contribution is -0.118. The fourth-order valence-electron chi connectivity index (χ4n) is 2.88. The third kappa shape index (κ3) is 4.75. The molecule has 29 heavy (non-hydrogen) atoms. The van der Waals surface area contributed by atoms with Gasteiger partial charge in [0.05, 0.1) is 23.0 Å². The molecule has 1 N–H and O–H groups in total. The van der Waals surface area contributed by atoms with Crippen molar-refractivity contribution in [3.63, 3.8) is 0 Å². The molecule has 4 aromatic rings. The second-order valence-electron chi connectivity index (χ2n) is 6.32. The van der Waals surface area contributed by atoms with Gasteiger partial charge < -0.3 is 5.32 Å². The number of nitrogens with one attached hydrogen (secondary N) is 1. The number of aromatic nitrogens is 4. The van der Waals surface area contributed by atoms with Gasteiger partial charge in [0.25, 0.3) is 0 Å². The van der Waals surface area contributed by atoms with Crippen molar-refractivity contribution in [1.82, 2.24) is 25.1 Å². The van der Waals surface area contributed by atoms with Crippen LogP contribution >= 0.6 is 23.4 Å². The summed E-state index contributed by atoms with van der Waals surface area (Å²) >= 11 is 7.34. The fourth-order valence-corrected chi connectivity index (χ4v) is 3.80. The molecule has 0 spiro atoms. The van der Waals surface area contributed by atoms with Crippen LogP contribution in [0.2, 0.25) is 5.02 Å². The van der Waals surface area contributed by atoms with Gasteiger partial charge in [-0.05, 0) is 36.2 Å². The van der Waals surface area contributed by atoms with Crippen molar-refractivity contribution in [3.8, 4) is 5.69 Å². The summed E-state index contributed by atoms with van der Waals surface area (Å²) in [5.41, 5.74) is 2.75. The Kier molecular flexibility index (Phi) is 6.07. The number of hydrogen-bond donors (Lipinski definition) is 1. The van der Waals surface area contributed by atoms with Gasteiger partial charge in [-0.15, -0.1) is 0 Å². The molecule has 4 rings (SSSR count). The third-order valence-electron chi connectivity index (χ3n) is 4.32. The van der Waals surface area contributed by atoms with E-state index in [2.05, 4.69) is 32.5 Å². The average Bonchev–Trinajstić information content (AvgIpc) is 3.18. The standard InChI is InChI=1S/C21H18ClN5OS/c22-16-6-8-17(9-7-16)27-20-18(12-26-27)21(25-14-24-20)29-13-19(28)23-11-10-15-4-2-1-3-5-15/h1-9,12,14H,10-11,13H2,(H,23,28). The van der Waals surface area contributed by atoms with E-state index in [-0.39, 0.29) is 11.7 Å². The van der Waals surface area contributed by atoms with Crippen LogP contribution in [-0.2, 0) is 11.2 Å². The van der Waals surface area contributed by atoms with Crippen LogP contribution < -0.4 is 5.32 Å². The molecule has 2 aromatic heterocycles. The molecule has 0 aliphatic rings. The summed E-state index contributed by atoms with van der Waals surface area (Å²) in [5, 5.41) is 9.57. The van der Waals surface area contributed by atoms with Crippen molar-refractivity contribution in [1.29, 1.82) is 0 Å². The Morgan fingerprint density at radius 3 is 2.66 bits per heavy atom. The molecule has 0 aliphatic heterocycles. The summed E-state index contributed by atoms with van der Waals surface area (Å²) in [6, 6.07) is 17.5. The number of fused-ring (bicyclic) bond motifs is 1. The second kappa shape index (κ2) is 9.07. The largest absolute Gasteiger partial charge is 0.355 e. The molecule has 0 atom stereocenters. The molecular weight excluding hydrogens is 406 g/mol. The molecule has 0 saturated heterocycles. The highest BCUT2D eigenvalue weighted by molar-refractivity contribution is 8.00. The molecule has 2 aromatic carbocycles. The smallest absolute Gasteiger partial charge is 0.230 e. The molecule has 0 fully saturated rings. The zero-order valence-electron chi connectivity index (χ0n) is 15.5. The Morgan fingerprint density at radius 2 is 1.86 bits per heavy atom. The highest BCUT2D eigenvalue weighted by Crippen LogP contribution is 2.26. The Bertz CT molecular complexity index is 1120. The van der Waals surface area contributed by atoms with E-state index in [1.807, 2.05) is 30.3 Å². The number of carbonyl (C=O) groups excluding carboxylic acids is 1. The number of rotatable bonds is 7. The quantitative estimate of drug-likeness (QED) is 0.360. The molecular formula is C21H18ClN5OS. The van der Waals surface area contributed by atoms with Crippen LogP contribution in [0.4, 0.5) is 0 Å². The first-order valence-corrected chi connectivity index (χ1v) is 10.4. The van der Waals surface area contributed by atoms with Crippen LogP contribution in [0, 0.1) is 0 Å². The van der Waals surface area contributed by atoms with Crippen molar-refractivity contribution in [2.75, 3.05) is 12.3 Å². The van der Waals surface area contributed by atoms with E-state index in [0.717, 1.165) is 22.5 Å². The summed E-state index contributed by atoms with van der Waals surface area (Å²) in [6.45, 7) is 0.608. The summed E-state index contributed by atoms with van der Waals surface area (Å²) in [4.78, 5) is 20.9. The first kappa shape index (κ1) is 19.4. The van der Waals surface area contributed by atoms with Gasteiger partial charge in [-0.2, -0.15) is 5.10 Å². The van der Waals surface area contributed by atoms with E-state index < -0.39 is 0 Å². The SMILES string of the molecule is O=C(CSc1ncnc2c1cnn2-c1ccc(Cl)cc1)NCCc1ccccc1. The lowest BCUT2D eigenvalue weighted by atomic mass is 10.1. The number of hydrogen-bond acceptors (Lipinski definition) is 5. The van der Waals surface area contributed by atoms with Gasteiger partial charge in [-0.3, -0.25) is 4.79 Å². The third-order valence-corrected chi connectivity index (χ3v) is 5.58. The van der Waals surface area contributed by atoms with Gasteiger partial charge in [-0.1, -0.05) is 53.7 Å². The molecule has 1 amide bonds. The molecule has 0 aliphatic carbocycles. The first-order chi connectivity index (χ1) is 14.2. The molecule has 2 heterocycles. The van der Waals surface area contributed by atoms with Gasteiger partial charge in [0.1, 0.15) is 11.4 Å². The predicted molar refractivity (Wildman–Crippen MR) is 116 cm³/mol. The van der Waals surface area contributed by atoms with E-state index in [4.69, 9.17) is 11.6 Å². The summed E-state index contributed by atoms with van der Waals surface area (Å²) in [5.74, 6) is 0.260. The van der Waals surface area contributed by atoms with Crippen LogP contribution in [0.15, 0.2) is 72.1 Å². The fraction of sp³-hybridized carbons (Fsp3) is 0.143. The predicted octanol–water partition coefficient (Wildman–Crippen LogP) is 3.92. The minimum Gasteiger partial charge on any atom is -0.355 e. The molecule has 146 valence electrons. The van der Waals surface area contributed by atoms with E-state index in [0.29, 0.717) is 17.2 Å². The van der Waals surface area contributed by atoms with Crippen LogP contribution in [0.5, 0.6) is 0 Å². The monoisotopic (exact) mass is 423 g/mol. The van der Waals surface area contributed by atoms with Gasteiger partial charge >= 0.3 is 0 Å². The van der Waals surface area contributed by atoms with E-state index in [1.54, 1.807) is 23.0 Å². The minimum absolute atomic E-state index is 0.0252. The van der Waals surface area contributed by atoms with Crippen molar-refractivity contribution in [2.24, 2.45) is 0 Å². The highest BCUT2D eigenvalue weighted by Gasteiger charge is 2.13. The van der Waals surface area contributed by atoms with E-state index in [9.17, 15) is 4.79 Å². The maximum absolute atomic E-state index is 12.2. The second-order valence-corrected chi connectivity index (χ2v) is 7.72. The number of carbonyl (C=O) groups is 1. The molecule has 6 nitrogen and oxygen atoms in total. The first-order valence-electron chi connectivity index (χ1n) is 9.09. The summed E-state index contributed by atoms with van der Waals surface area (Å²) < 4.78 is 1.73. The Balaban J connectivity index is 1.39. The zero-order chi connectivity index (χ0) is 20.1. The lowest BCUT2D eigenvalue weighted by Crippen LogP contribution is -2.27. The van der Waals surface area contributed by atoms with E-state index >= 15 is 0 Å². The molecule has 0 radical (unpaired) electrons. The van der Waals surface area contributed by atoms with Gasteiger partial charge in [0, 0.05) is 11.6 Å². The average molecular weight is 424 g/mol. The van der Waals surface area contributed by atoms with Gasteiger partial charge in [0.15, 0.2) is 5.65 Å². The number of halogens is 1. The van der Waals surface area contributed by atoms with Crippen molar-refractivity contribution >= 4 is 40.3 Å². The van der Waals surface area contributed by atoms with Crippen LogP contribution in [0.25, 0.3) is 16.7 Å². The molecule has 0 bridgehead atoms. The highest BCUT2D eigenvalue weighted by atomic mass is 35.5. The molecule has 0 unspecified atom stereocenters. The van der Waals surface area contributed by atoms with Crippen molar-refractivity contribution in [2.45, 2.75) is 11.4 Å². The van der Waals surface area contributed by atoms with E-state index in [1.165, 1.54) is 23.7 Å². The zero-order valence-corrected chi connectivity index (χ0v) is 17.0. The number of thioether (sulfide) groups is 1.